The fourth-order valence-corrected chi connectivity index (χ4v) is 1.21. The smallest absolute Gasteiger partial charge is 0.125 e. The van der Waals surface area contributed by atoms with Crippen molar-refractivity contribution in [2.45, 2.75) is 19.4 Å². The van der Waals surface area contributed by atoms with Crippen LogP contribution in [0, 0.1) is 11.8 Å². The normalized spacial score (nSPS) is 10.2. The average Bonchev–Trinajstić information content (AvgIpc) is 1.63. The maximum Gasteiger partial charge on any atom is 0.352 e. The molecule has 52 valence electrons. The van der Waals surface area contributed by atoms with Gasteiger partial charge in [-0.1, -0.05) is 6.92 Å². The van der Waals surface area contributed by atoms with Crippen LogP contribution in [0.4, 0.5) is 0 Å². The van der Waals surface area contributed by atoms with Crippen LogP contribution in [-0.4, -0.2) is 6.00 Å². The number of halogens is 3. The number of hydrogen-bond donors (Lipinski definition) is 0. The zero-order chi connectivity index (χ0) is 7.33. The molecule has 0 amide bonds. The van der Waals surface area contributed by atoms with Gasteiger partial charge in [0.25, 0.3) is 0 Å². The second-order valence-electron chi connectivity index (χ2n) is 1.50. The Morgan fingerprint density at radius 2 is 1.78 bits per heavy atom. The van der Waals surface area contributed by atoms with Gasteiger partial charge in [-0.05, 0) is 0 Å². The quantitative estimate of drug-likeness (QED) is 0.348. The molecule has 0 nitrogen and oxygen atoms in total. The Morgan fingerprint density at radius 1 is 1.22 bits per heavy atom. The van der Waals surface area contributed by atoms with Crippen molar-refractivity contribution in [3.05, 3.63) is 0 Å². The van der Waals surface area contributed by atoms with E-state index in [2.05, 4.69) is 11.8 Å². The lowest BCUT2D eigenvalue weighted by atomic mass is 10.5. The van der Waals surface area contributed by atoms with E-state index in [9.17, 15) is 0 Å². The van der Waals surface area contributed by atoms with Crippen molar-refractivity contribution in [3.63, 3.8) is 0 Å². The summed E-state index contributed by atoms with van der Waals surface area (Å²) in [6, 6.07) is -2.00. The minimum absolute atomic E-state index is 0.450. The number of rotatable bonds is 1. The second-order valence-corrected chi connectivity index (χ2v) is 10.6. The van der Waals surface area contributed by atoms with E-state index >= 15 is 0 Å². The topological polar surface area (TPSA) is 0 Å². The van der Waals surface area contributed by atoms with Gasteiger partial charge in [0.1, 0.15) is 0 Å². The third kappa shape index (κ3) is 8.65. The first kappa shape index (κ1) is 9.65. The number of hydrogen-bond acceptors (Lipinski definition) is 0. The van der Waals surface area contributed by atoms with Gasteiger partial charge in [0.05, 0.1) is 0 Å². The second kappa shape index (κ2) is 4.46. The van der Waals surface area contributed by atoms with Gasteiger partial charge in [-0.3, -0.25) is 0 Å². The highest BCUT2D eigenvalue weighted by Gasteiger charge is 2.22. The van der Waals surface area contributed by atoms with Crippen LogP contribution in [-0.2, 0) is 0 Å². The lowest BCUT2D eigenvalue weighted by Crippen LogP contribution is -2.05. The summed E-state index contributed by atoms with van der Waals surface area (Å²) in [7, 11) is 0. The van der Waals surface area contributed by atoms with E-state index < -0.39 is 6.00 Å². The van der Waals surface area contributed by atoms with E-state index in [1.165, 1.54) is 0 Å². The molecule has 0 aromatic heterocycles. The third-order valence-electron chi connectivity index (χ3n) is 0.591. The molecule has 0 spiro atoms. The molecule has 0 rings (SSSR count). The summed E-state index contributed by atoms with van der Waals surface area (Å²) < 4.78 is 0. The molecule has 0 radical (unpaired) electrons. The van der Waals surface area contributed by atoms with E-state index in [-0.39, 0.29) is 0 Å². The summed E-state index contributed by atoms with van der Waals surface area (Å²) >= 11 is 16.6. The fraction of sp³-hybridized carbons (Fsp3) is 0.600. The highest BCUT2D eigenvalue weighted by atomic mass is 35.8. The Bertz CT molecular complexity index is 127. The zero-order valence-corrected chi connectivity index (χ0v) is 8.32. The van der Waals surface area contributed by atoms with E-state index in [4.69, 9.17) is 33.2 Å². The van der Waals surface area contributed by atoms with Crippen molar-refractivity contribution in [2.24, 2.45) is 0 Å². The molecule has 0 aromatic carbocycles. The molecule has 0 heterocycles. The molecule has 0 aliphatic carbocycles. The lowest BCUT2D eigenvalue weighted by molar-refractivity contribution is 1.28. The van der Waals surface area contributed by atoms with E-state index in [0.717, 1.165) is 6.42 Å². The summed E-state index contributed by atoms with van der Waals surface area (Å²) in [5.74, 6) is 5.63. The van der Waals surface area contributed by atoms with Crippen LogP contribution < -0.4 is 0 Å². The van der Waals surface area contributed by atoms with Gasteiger partial charge < -0.3 is 0 Å². The van der Waals surface area contributed by atoms with Crippen molar-refractivity contribution in [3.8, 4) is 11.8 Å². The van der Waals surface area contributed by atoms with Gasteiger partial charge in [0.2, 0.25) is 0 Å². The van der Waals surface area contributed by atoms with Crippen LogP contribution in [0.5, 0.6) is 0 Å². The highest BCUT2D eigenvalue weighted by Crippen LogP contribution is 2.23. The molecule has 0 saturated heterocycles. The first-order valence-electron chi connectivity index (χ1n) is 2.58. The SMILES string of the molecule is CCC#CC[Si](Cl)(Cl)Cl. The van der Waals surface area contributed by atoms with Crippen LogP contribution in [0.3, 0.4) is 0 Å². The molecule has 0 aliphatic heterocycles. The molecule has 0 aromatic rings. The Balaban J connectivity index is 3.50. The van der Waals surface area contributed by atoms with Crippen LogP contribution in [0.1, 0.15) is 13.3 Å². The fourth-order valence-electron chi connectivity index (χ4n) is 0.288. The molecule has 9 heavy (non-hydrogen) atoms. The zero-order valence-electron chi connectivity index (χ0n) is 5.05. The average molecular weight is 202 g/mol. The monoisotopic (exact) mass is 200 g/mol. The maximum atomic E-state index is 5.54. The predicted octanol–water partition coefficient (Wildman–Crippen LogP) is 3.06. The van der Waals surface area contributed by atoms with Crippen molar-refractivity contribution in [2.75, 3.05) is 0 Å². The van der Waals surface area contributed by atoms with E-state index in [1.54, 1.807) is 0 Å². The Labute approximate surface area is 70.6 Å². The molecule has 0 N–H and O–H groups in total. The standard InChI is InChI=1S/C5H7Cl3Si/c1-2-3-4-5-9(6,7)8/h2,5H2,1H3. The Morgan fingerprint density at radius 3 is 2.11 bits per heavy atom. The van der Waals surface area contributed by atoms with Crippen molar-refractivity contribution in [1.82, 2.24) is 0 Å². The van der Waals surface area contributed by atoms with Crippen molar-refractivity contribution >= 4 is 39.2 Å². The Kier molecular flexibility index (Phi) is 4.78. The van der Waals surface area contributed by atoms with Crippen LogP contribution >= 0.6 is 33.2 Å². The van der Waals surface area contributed by atoms with Crippen LogP contribution in [0.15, 0.2) is 0 Å². The molecule has 4 heteroatoms. The van der Waals surface area contributed by atoms with Crippen molar-refractivity contribution in [1.29, 1.82) is 0 Å². The predicted molar refractivity (Wildman–Crippen MR) is 46.2 cm³/mol. The molecular formula is C5H7Cl3Si. The van der Waals surface area contributed by atoms with Gasteiger partial charge in [0.15, 0.2) is 0 Å². The minimum atomic E-state index is -2.45. The molecule has 0 aliphatic rings. The lowest BCUT2D eigenvalue weighted by Gasteiger charge is -1.98. The van der Waals surface area contributed by atoms with Crippen LogP contribution in [0.25, 0.3) is 0 Å². The van der Waals surface area contributed by atoms with E-state index in [0.29, 0.717) is 6.04 Å². The Hall–Kier alpha value is 0.647. The summed E-state index contributed by atoms with van der Waals surface area (Å²) in [6.07, 6.45) is 0.829. The molecular weight excluding hydrogens is 194 g/mol. The maximum absolute atomic E-state index is 5.54. The minimum Gasteiger partial charge on any atom is -0.125 e. The summed E-state index contributed by atoms with van der Waals surface area (Å²) in [4.78, 5) is 0. The molecule has 0 atom stereocenters. The molecule has 0 fully saturated rings. The van der Waals surface area contributed by atoms with Gasteiger partial charge in [0, 0.05) is 12.5 Å². The summed E-state index contributed by atoms with van der Waals surface area (Å²) in [5.41, 5.74) is 0. The largest absolute Gasteiger partial charge is 0.352 e. The highest BCUT2D eigenvalue weighted by molar-refractivity contribution is 7.64. The first-order chi connectivity index (χ1) is 4.06. The van der Waals surface area contributed by atoms with Crippen LogP contribution in [0.2, 0.25) is 6.04 Å². The summed E-state index contributed by atoms with van der Waals surface area (Å²) in [6.45, 7) is 1.97. The van der Waals surface area contributed by atoms with Gasteiger partial charge in [-0.15, -0.1) is 45.1 Å². The van der Waals surface area contributed by atoms with Gasteiger partial charge in [-0.25, -0.2) is 0 Å². The molecule has 0 bridgehead atoms. The first-order valence-corrected chi connectivity index (χ1v) is 7.83. The van der Waals surface area contributed by atoms with Gasteiger partial charge in [-0.2, -0.15) is 0 Å². The van der Waals surface area contributed by atoms with Gasteiger partial charge >= 0.3 is 6.00 Å². The molecule has 0 unspecified atom stereocenters. The third-order valence-corrected chi connectivity index (χ3v) is 2.37. The van der Waals surface area contributed by atoms with Crippen molar-refractivity contribution < 1.29 is 0 Å². The molecule has 0 saturated carbocycles. The van der Waals surface area contributed by atoms with E-state index in [1.807, 2.05) is 6.92 Å². The summed E-state index contributed by atoms with van der Waals surface area (Å²) in [5, 5.41) is 0.